The normalized spacial score (nSPS) is 7.80. The predicted molar refractivity (Wildman–Crippen MR) is 34.7 cm³/mol. The van der Waals surface area contributed by atoms with Gasteiger partial charge in [-0.3, -0.25) is 5.26 Å². The first kappa shape index (κ1) is 6.32. The van der Waals surface area contributed by atoms with E-state index in [-0.39, 0.29) is 0 Å². The predicted octanol–water partition coefficient (Wildman–Crippen LogP) is 1.23. The third-order valence-corrected chi connectivity index (χ3v) is 1.06. The molecule has 2 nitrogen and oxygen atoms in total. The molecule has 0 aliphatic rings. The largest absolute Gasteiger partial charge is 0.262 e. The molecule has 1 rings (SSSR count). The van der Waals surface area contributed by atoms with Crippen molar-refractivity contribution in [1.29, 1.82) is 10.5 Å². The molecule has 0 saturated carbocycles. The number of nitrogens with zero attached hydrogens (tertiary/aromatic N) is 2. The Bertz CT molecular complexity index is 265. The Balaban J connectivity index is 3.08. The van der Waals surface area contributed by atoms with Gasteiger partial charge in [0.1, 0.15) is 0 Å². The van der Waals surface area contributed by atoms with E-state index >= 15 is 0 Å². The van der Waals surface area contributed by atoms with Crippen molar-refractivity contribution in [2.24, 2.45) is 0 Å². The van der Waals surface area contributed by atoms with Crippen LogP contribution in [0, 0.1) is 28.7 Å². The van der Waals surface area contributed by atoms with Gasteiger partial charge in [-0.1, -0.05) is 5.56 Å². The van der Waals surface area contributed by atoms with E-state index in [1.165, 1.54) is 6.07 Å². The van der Waals surface area contributed by atoms with Crippen LogP contribution in [0.15, 0.2) is 18.2 Å². The molecule has 0 unspecified atom stereocenters. The van der Waals surface area contributed by atoms with Gasteiger partial charge in [0.05, 0.1) is 0 Å². The van der Waals surface area contributed by atoms with E-state index in [1.807, 2.05) is 12.1 Å². The zero-order chi connectivity index (χ0) is 7.40. The highest BCUT2D eigenvalue weighted by Crippen LogP contribution is 1.99. The molecule has 0 atom stereocenters. The fourth-order valence-electron chi connectivity index (χ4n) is 0.564. The van der Waals surface area contributed by atoms with E-state index in [4.69, 9.17) is 10.5 Å². The highest BCUT2D eigenvalue weighted by Gasteiger charge is 1.79. The Hall–Kier alpha value is -1.80. The van der Waals surface area contributed by atoms with Crippen molar-refractivity contribution in [3.8, 4) is 12.1 Å². The van der Waals surface area contributed by atoms with Crippen molar-refractivity contribution in [1.82, 2.24) is 0 Å². The van der Waals surface area contributed by atoms with Crippen LogP contribution in [0.4, 0.5) is 0 Å². The van der Waals surface area contributed by atoms with Crippen LogP contribution in [0.1, 0.15) is 11.1 Å². The topological polar surface area (TPSA) is 47.6 Å². The number of hydrogen-bond donors (Lipinski definition) is 0. The van der Waals surface area contributed by atoms with E-state index in [0.717, 1.165) is 0 Å². The summed E-state index contributed by atoms with van der Waals surface area (Å²) in [5, 5.41) is 16.7. The zero-order valence-electron chi connectivity index (χ0n) is 5.13. The molecule has 10 heavy (non-hydrogen) atoms. The molecule has 0 fully saturated rings. The maximum Gasteiger partial charge on any atom is 0.0476 e. The van der Waals surface area contributed by atoms with E-state index in [2.05, 4.69) is 6.07 Å². The summed E-state index contributed by atoms with van der Waals surface area (Å²) in [6, 6.07) is 11.2. The highest BCUT2D eigenvalue weighted by atomic mass is 14.2. The van der Waals surface area contributed by atoms with Gasteiger partial charge in [0.15, 0.2) is 0 Å². The first-order chi connectivity index (χ1) is 4.86. The SMILES string of the molecule is N#Cc1[c-]cc(C#N)cc1. The quantitative estimate of drug-likeness (QED) is 0.492. The third-order valence-electron chi connectivity index (χ3n) is 1.06. The van der Waals surface area contributed by atoms with Gasteiger partial charge in [-0.15, -0.1) is 24.3 Å². The van der Waals surface area contributed by atoms with Crippen LogP contribution < -0.4 is 0 Å². The van der Waals surface area contributed by atoms with Crippen molar-refractivity contribution in [3.05, 3.63) is 35.4 Å². The summed E-state index contributed by atoms with van der Waals surface area (Å²) in [5.74, 6) is 0. The fraction of sp³-hybridized carbons (Fsp3) is 0. The lowest BCUT2D eigenvalue weighted by molar-refractivity contribution is 1.45. The second-order valence-corrected chi connectivity index (χ2v) is 1.71. The minimum atomic E-state index is 0.457. The van der Waals surface area contributed by atoms with Gasteiger partial charge < -0.3 is 0 Å². The smallest absolute Gasteiger partial charge is 0.0476 e. The van der Waals surface area contributed by atoms with Gasteiger partial charge in [0.25, 0.3) is 0 Å². The van der Waals surface area contributed by atoms with Crippen LogP contribution in [0.2, 0.25) is 0 Å². The van der Waals surface area contributed by atoms with Crippen molar-refractivity contribution in [2.75, 3.05) is 0 Å². The van der Waals surface area contributed by atoms with E-state index in [1.54, 1.807) is 12.1 Å². The van der Waals surface area contributed by atoms with Gasteiger partial charge >= 0.3 is 0 Å². The molecule has 1 aromatic carbocycles. The minimum absolute atomic E-state index is 0.457. The molecule has 2 heteroatoms. The molecule has 0 aliphatic heterocycles. The number of benzene rings is 1. The van der Waals surface area contributed by atoms with Gasteiger partial charge in [0, 0.05) is 6.07 Å². The Morgan fingerprint density at radius 3 is 2.40 bits per heavy atom. The molecule has 0 amide bonds. The first-order valence-electron chi connectivity index (χ1n) is 2.69. The Kier molecular flexibility index (Phi) is 1.68. The summed E-state index contributed by atoms with van der Waals surface area (Å²) in [6.45, 7) is 0. The molecule has 0 radical (unpaired) electrons. The molecule has 0 bridgehead atoms. The Morgan fingerprint density at radius 2 is 2.00 bits per heavy atom. The van der Waals surface area contributed by atoms with Crippen LogP contribution in [-0.2, 0) is 0 Å². The second-order valence-electron chi connectivity index (χ2n) is 1.71. The molecule has 0 spiro atoms. The average Bonchev–Trinajstić information content (AvgIpc) is 2.05. The van der Waals surface area contributed by atoms with Crippen LogP contribution in [0.3, 0.4) is 0 Å². The lowest BCUT2D eigenvalue weighted by atomic mass is 10.2. The number of nitriles is 2. The van der Waals surface area contributed by atoms with Crippen LogP contribution in [-0.4, -0.2) is 0 Å². The highest BCUT2D eigenvalue weighted by molar-refractivity contribution is 5.35. The standard InChI is InChI=1S/C8H3N2/c9-5-7-1-2-8(6-10)4-3-7/h1-3H/q-1. The van der Waals surface area contributed by atoms with Crippen molar-refractivity contribution in [2.45, 2.75) is 0 Å². The van der Waals surface area contributed by atoms with E-state index in [9.17, 15) is 0 Å². The number of hydrogen-bond acceptors (Lipinski definition) is 2. The molecule has 0 N–H and O–H groups in total. The molecule has 46 valence electrons. The lowest BCUT2D eigenvalue weighted by Gasteiger charge is -1.95. The average molecular weight is 127 g/mol. The molecular formula is C8H3N2-. The van der Waals surface area contributed by atoms with Crippen LogP contribution in [0.25, 0.3) is 0 Å². The van der Waals surface area contributed by atoms with Gasteiger partial charge in [-0.05, 0) is 11.6 Å². The fourth-order valence-corrected chi connectivity index (χ4v) is 0.564. The van der Waals surface area contributed by atoms with Crippen molar-refractivity contribution >= 4 is 0 Å². The minimum Gasteiger partial charge on any atom is -0.262 e. The summed E-state index contributed by atoms with van der Waals surface area (Å²) >= 11 is 0. The molecular weight excluding hydrogens is 124 g/mol. The Labute approximate surface area is 58.9 Å². The summed E-state index contributed by atoms with van der Waals surface area (Å²) in [7, 11) is 0. The summed E-state index contributed by atoms with van der Waals surface area (Å²) < 4.78 is 0. The van der Waals surface area contributed by atoms with Crippen LogP contribution >= 0.6 is 0 Å². The van der Waals surface area contributed by atoms with Gasteiger partial charge in [-0.25, -0.2) is 5.26 Å². The third kappa shape index (κ3) is 1.13. The monoisotopic (exact) mass is 127 g/mol. The van der Waals surface area contributed by atoms with Gasteiger partial charge in [-0.2, -0.15) is 0 Å². The van der Waals surface area contributed by atoms with Crippen molar-refractivity contribution in [3.63, 3.8) is 0 Å². The van der Waals surface area contributed by atoms with Gasteiger partial charge in [0.2, 0.25) is 0 Å². The lowest BCUT2D eigenvalue weighted by Crippen LogP contribution is -1.75. The summed E-state index contributed by atoms with van der Waals surface area (Å²) in [5.41, 5.74) is 0.984. The first-order valence-corrected chi connectivity index (χ1v) is 2.69. The maximum atomic E-state index is 8.35. The summed E-state index contributed by atoms with van der Waals surface area (Å²) in [4.78, 5) is 0. The Morgan fingerprint density at radius 1 is 1.20 bits per heavy atom. The molecule has 0 aromatic heterocycles. The molecule has 1 aromatic rings. The molecule has 0 saturated heterocycles. The molecule has 0 aliphatic carbocycles. The van der Waals surface area contributed by atoms with E-state index in [0.29, 0.717) is 11.1 Å². The molecule has 0 heterocycles. The van der Waals surface area contributed by atoms with E-state index < -0.39 is 0 Å². The zero-order valence-corrected chi connectivity index (χ0v) is 5.13. The van der Waals surface area contributed by atoms with Crippen molar-refractivity contribution < 1.29 is 0 Å². The second kappa shape index (κ2) is 2.66. The maximum absolute atomic E-state index is 8.35. The number of rotatable bonds is 0. The van der Waals surface area contributed by atoms with Crippen LogP contribution in [0.5, 0.6) is 0 Å². The summed E-state index contributed by atoms with van der Waals surface area (Å²) in [6.07, 6.45) is 0.